The van der Waals surface area contributed by atoms with E-state index in [1.165, 1.54) is 16.8 Å². The fourth-order valence-electron chi connectivity index (χ4n) is 1.21. The predicted molar refractivity (Wildman–Crippen MR) is 48.1 cm³/mol. The van der Waals surface area contributed by atoms with Crippen molar-refractivity contribution in [2.45, 2.75) is 0 Å². The van der Waals surface area contributed by atoms with Crippen LogP contribution in [0, 0.1) is 10.1 Å². The number of nitrogens with zero attached hydrogens (tertiary/aromatic N) is 2. The lowest BCUT2D eigenvalue weighted by molar-refractivity contribution is -0.401. The van der Waals surface area contributed by atoms with Crippen LogP contribution in [0.25, 0.3) is 11.0 Å². The van der Waals surface area contributed by atoms with E-state index in [1.54, 1.807) is 7.05 Å². The van der Waals surface area contributed by atoms with Crippen molar-refractivity contribution >= 4 is 16.9 Å². The average molecular weight is 194 g/mol. The minimum atomic E-state index is -0.667. The third kappa shape index (κ3) is 1.08. The molecule has 0 bridgehead atoms. The minimum Gasteiger partial charge on any atom is -0.400 e. The first-order valence-electron chi connectivity index (χ1n) is 3.83. The number of aromatic nitrogens is 1. The summed E-state index contributed by atoms with van der Waals surface area (Å²) in [7, 11) is 1.57. The summed E-state index contributed by atoms with van der Waals surface area (Å²) in [6.07, 6.45) is 1.50. The van der Waals surface area contributed by atoms with Crippen LogP contribution in [0.5, 0.6) is 0 Å². The molecule has 2 rings (SSSR count). The maximum atomic E-state index is 11.4. The summed E-state index contributed by atoms with van der Waals surface area (Å²) in [6.45, 7) is 0. The van der Waals surface area contributed by atoms with Gasteiger partial charge in [-0.25, -0.2) is 0 Å². The Morgan fingerprint density at radius 2 is 2.29 bits per heavy atom. The zero-order chi connectivity index (χ0) is 10.3. The van der Waals surface area contributed by atoms with Crippen LogP contribution in [0.15, 0.2) is 27.5 Å². The van der Waals surface area contributed by atoms with Gasteiger partial charge in [-0.05, 0) is 6.07 Å². The maximum Gasteiger partial charge on any atom is 0.434 e. The second-order valence-corrected chi connectivity index (χ2v) is 2.85. The molecular formula is C8H6N2O4. The van der Waals surface area contributed by atoms with Crippen LogP contribution >= 0.6 is 0 Å². The molecular weight excluding hydrogens is 188 g/mol. The van der Waals surface area contributed by atoms with Gasteiger partial charge in [0.25, 0.3) is 5.56 Å². The summed E-state index contributed by atoms with van der Waals surface area (Å²) >= 11 is 0. The van der Waals surface area contributed by atoms with Crippen molar-refractivity contribution in [1.29, 1.82) is 0 Å². The Morgan fingerprint density at radius 1 is 1.57 bits per heavy atom. The Hall–Kier alpha value is -2.11. The molecule has 0 spiro atoms. The van der Waals surface area contributed by atoms with Crippen molar-refractivity contribution < 1.29 is 9.34 Å². The first-order chi connectivity index (χ1) is 6.59. The molecule has 0 unspecified atom stereocenters. The fourth-order valence-corrected chi connectivity index (χ4v) is 1.21. The van der Waals surface area contributed by atoms with Gasteiger partial charge in [-0.1, -0.05) is 0 Å². The molecule has 0 aliphatic heterocycles. The topological polar surface area (TPSA) is 78.3 Å². The van der Waals surface area contributed by atoms with Gasteiger partial charge in [-0.15, -0.1) is 0 Å². The van der Waals surface area contributed by atoms with Crippen LogP contribution in [-0.2, 0) is 7.05 Å². The van der Waals surface area contributed by atoms with Gasteiger partial charge in [0.05, 0.1) is 11.5 Å². The van der Waals surface area contributed by atoms with Gasteiger partial charge in [0.15, 0.2) is 0 Å². The number of furan rings is 1. The standard InChI is InChI=1S/C8H6N2O4/c1-9-3-2-6-5(8(9)11)4-7(14-6)10(12)13/h2-4H,1H3. The Kier molecular flexibility index (Phi) is 1.63. The Morgan fingerprint density at radius 3 is 2.93 bits per heavy atom. The number of rotatable bonds is 1. The summed E-state index contributed by atoms with van der Waals surface area (Å²) in [4.78, 5) is 21.1. The molecule has 2 aromatic heterocycles. The van der Waals surface area contributed by atoms with Crippen molar-refractivity contribution in [3.8, 4) is 0 Å². The molecule has 0 saturated heterocycles. The molecule has 0 aliphatic rings. The lowest BCUT2D eigenvalue weighted by Gasteiger charge is -1.92. The molecule has 0 fully saturated rings. The Labute approximate surface area is 77.5 Å². The molecule has 0 aliphatic carbocycles. The SMILES string of the molecule is Cn1ccc2oc([N+](=O)[O-])cc2c1=O. The zero-order valence-electron chi connectivity index (χ0n) is 7.26. The van der Waals surface area contributed by atoms with Crippen LogP contribution in [0.2, 0.25) is 0 Å². The first kappa shape index (κ1) is 8.49. The second-order valence-electron chi connectivity index (χ2n) is 2.85. The molecule has 0 radical (unpaired) electrons. The Balaban J connectivity index is 2.84. The first-order valence-corrected chi connectivity index (χ1v) is 3.83. The average Bonchev–Trinajstić information content (AvgIpc) is 2.56. The molecule has 14 heavy (non-hydrogen) atoms. The highest BCUT2D eigenvalue weighted by atomic mass is 16.6. The molecule has 2 aromatic rings. The third-order valence-electron chi connectivity index (χ3n) is 1.93. The highest BCUT2D eigenvalue weighted by Gasteiger charge is 2.15. The second kappa shape index (κ2) is 2.69. The van der Waals surface area contributed by atoms with Crippen molar-refractivity contribution in [2.24, 2.45) is 7.05 Å². The number of pyridine rings is 1. The highest BCUT2D eigenvalue weighted by molar-refractivity contribution is 5.78. The van der Waals surface area contributed by atoms with Crippen molar-refractivity contribution in [3.05, 3.63) is 38.8 Å². The van der Waals surface area contributed by atoms with Crippen LogP contribution in [-0.4, -0.2) is 9.49 Å². The van der Waals surface area contributed by atoms with E-state index in [2.05, 4.69) is 0 Å². The van der Waals surface area contributed by atoms with Crippen LogP contribution in [0.1, 0.15) is 0 Å². The van der Waals surface area contributed by atoms with E-state index in [1.807, 2.05) is 0 Å². The number of fused-ring (bicyclic) bond motifs is 1. The van der Waals surface area contributed by atoms with E-state index in [0.717, 1.165) is 6.07 Å². The highest BCUT2D eigenvalue weighted by Crippen LogP contribution is 2.21. The molecule has 0 saturated carbocycles. The van der Waals surface area contributed by atoms with E-state index >= 15 is 0 Å². The molecule has 0 amide bonds. The van der Waals surface area contributed by atoms with Gasteiger partial charge in [-0.2, -0.15) is 0 Å². The van der Waals surface area contributed by atoms with Gasteiger partial charge >= 0.3 is 5.88 Å². The molecule has 6 nitrogen and oxygen atoms in total. The van der Waals surface area contributed by atoms with Gasteiger partial charge in [0, 0.05) is 13.2 Å². The third-order valence-corrected chi connectivity index (χ3v) is 1.93. The summed E-state index contributed by atoms with van der Waals surface area (Å²) < 4.78 is 6.19. The van der Waals surface area contributed by atoms with Gasteiger partial charge < -0.3 is 8.98 Å². The van der Waals surface area contributed by atoms with Crippen LogP contribution in [0.4, 0.5) is 5.88 Å². The maximum absolute atomic E-state index is 11.4. The largest absolute Gasteiger partial charge is 0.434 e. The van der Waals surface area contributed by atoms with Crippen molar-refractivity contribution in [3.63, 3.8) is 0 Å². The van der Waals surface area contributed by atoms with Gasteiger partial charge in [0.1, 0.15) is 10.5 Å². The molecule has 72 valence electrons. The number of hydrogen-bond donors (Lipinski definition) is 0. The molecule has 0 atom stereocenters. The molecule has 0 N–H and O–H groups in total. The van der Waals surface area contributed by atoms with Gasteiger partial charge in [-0.3, -0.25) is 14.9 Å². The summed E-state index contributed by atoms with van der Waals surface area (Å²) in [6, 6.07) is 2.65. The normalized spacial score (nSPS) is 10.6. The quantitative estimate of drug-likeness (QED) is 0.501. The fraction of sp³-hybridized carbons (Fsp3) is 0.125. The zero-order valence-corrected chi connectivity index (χ0v) is 7.26. The lowest BCUT2D eigenvalue weighted by Crippen LogP contribution is -2.14. The number of hydrogen-bond acceptors (Lipinski definition) is 4. The minimum absolute atomic E-state index is 0.224. The Bertz CT molecular complexity index is 566. The van der Waals surface area contributed by atoms with E-state index in [9.17, 15) is 14.9 Å². The molecule has 6 heteroatoms. The smallest absolute Gasteiger partial charge is 0.400 e. The van der Waals surface area contributed by atoms with E-state index in [0.29, 0.717) is 0 Å². The van der Waals surface area contributed by atoms with Gasteiger partial charge in [0.2, 0.25) is 0 Å². The summed E-state index contributed by atoms with van der Waals surface area (Å²) in [5.41, 5.74) is -0.0702. The van der Waals surface area contributed by atoms with Crippen molar-refractivity contribution in [1.82, 2.24) is 4.57 Å². The molecule has 2 heterocycles. The van der Waals surface area contributed by atoms with E-state index in [4.69, 9.17) is 4.42 Å². The monoisotopic (exact) mass is 194 g/mol. The summed E-state index contributed by atoms with van der Waals surface area (Å²) in [5.74, 6) is -0.414. The number of nitro groups is 1. The van der Waals surface area contributed by atoms with E-state index < -0.39 is 10.8 Å². The molecule has 0 aromatic carbocycles. The summed E-state index contributed by atoms with van der Waals surface area (Å²) in [5, 5.41) is 10.6. The van der Waals surface area contributed by atoms with E-state index in [-0.39, 0.29) is 16.5 Å². The van der Waals surface area contributed by atoms with Crippen molar-refractivity contribution in [2.75, 3.05) is 0 Å². The predicted octanol–water partition coefficient (Wildman–Crippen LogP) is 1.04. The lowest BCUT2D eigenvalue weighted by atomic mass is 10.3. The number of aryl methyl sites for hydroxylation is 1. The van der Waals surface area contributed by atoms with Crippen LogP contribution in [0.3, 0.4) is 0 Å². The van der Waals surface area contributed by atoms with Crippen LogP contribution < -0.4 is 5.56 Å².